The van der Waals surface area contributed by atoms with Gasteiger partial charge in [0, 0.05) is 19.4 Å². The minimum absolute atomic E-state index is 0.148. The number of carbonyl (C=O) groups is 1. The highest BCUT2D eigenvalue weighted by Crippen LogP contribution is 2.19. The molecule has 0 aliphatic heterocycles. The minimum atomic E-state index is -0.148. The smallest absolute Gasteiger partial charge is 0.256 e. The Morgan fingerprint density at radius 3 is 2.79 bits per heavy atom. The largest absolute Gasteiger partial charge is 0.337 e. The Balaban J connectivity index is 1.74. The van der Waals surface area contributed by atoms with E-state index in [4.69, 9.17) is 4.52 Å². The summed E-state index contributed by atoms with van der Waals surface area (Å²) in [6, 6.07) is 8.95. The van der Waals surface area contributed by atoms with Crippen LogP contribution in [0.2, 0.25) is 0 Å². The first-order chi connectivity index (χ1) is 11.7. The number of rotatable bonds is 5. The highest BCUT2D eigenvalue weighted by Gasteiger charge is 2.19. The van der Waals surface area contributed by atoms with Crippen molar-refractivity contribution in [2.45, 2.75) is 11.6 Å². The number of hydrogen-bond donors (Lipinski definition) is 0. The van der Waals surface area contributed by atoms with Gasteiger partial charge in [0.25, 0.3) is 5.91 Å². The Kier molecular flexibility index (Phi) is 4.85. The second-order valence-corrected chi connectivity index (χ2v) is 5.74. The third kappa shape index (κ3) is 3.43. The molecule has 1 amide bonds. The van der Waals surface area contributed by atoms with Crippen LogP contribution >= 0.6 is 11.8 Å². The van der Waals surface area contributed by atoms with Gasteiger partial charge < -0.3 is 9.42 Å². The van der Waals surface area contributed by atoms with Crippen LogP contribution in [0.15, 0.2) is 52.3 Å². The number of carbonyl (C=O) groups excluding carboxylic acids is 1. The van der Waals surface area contributed by atoms with Gasteiger partial charge in [-0.2, -0.15) is 4.98 Å². The molecule has 0 bridgehead atoms. The summed E-state index contributed by atoms with van der Waals surface area (Å²) in [5.41, 5.74) is 1.18. The molecular weight excluding hydrogens is 326 g/mol. The Hall–Kier alpha value is -2.74. The lowest BCUT2D eigenvalue weighted by Gasteiger charge is -2.15. The van der Waals surface area contributed by atoms with Crippen LogP contribution in [0.25, 0.3) is 11.5 Å². The maximum Gasteiger partial charge on any atom is 0.256 e. The summed E-state index contributed by atoms with van der Waals surface area (Å²) >= 11 is 1.43. The van der Waals surface area contributed by atoms with Crippen LogP contribution in [0, 0.1) is 0 Å². The summed E-state index contributed by atoms with van der Waals surface area (Å²) in [4.78, 5) is 26.8. The predicted octanol–water partition coefficient (Wildman–Crippen LogP) is 2.52. The zero-order valence-corrected chi connectivity index (χ0v) is 14.0. The maximum atomic E-state index is 12.6. The van der Waals surface area contributed by atoms with Crippen molar-refractivity contribution in [3.8, 4) is 11.5 Å². The molecule has 0 saturated carbocycles. The van der Waals surface area contributed by atoms with Gasteiger partial charge in [0.1, 0.15) is 17.3 Å². The first-order valence-electron chi connectivity index (χ1n) is 7.17. The number of hydrogen-bond acceptors (Lipinski definition) is 7. The molecule has 0 radical (unpaired) electrons. The molecule has 3 heterocycles. The van der Waals surface area contributed by atoms with E-state index in [0.717, 1.165) is 0 Å². The molecule has 24 heavy (non-hydrogen) atoms. The molecule has 0 aliphatic carbocycles. The van der Waals surface area contributed by atoms with E-state index in [9.17, 15) is 4.79 Å². The van der Waals surface area contributed by atoms with Crippen LogP contribution in [0.4, 0.5) is 0 Å². The van der Waals surface area contributed by atoms with Crippen molar-refractivity contribution in [1.82, 2.24) is 25.0 Å². The van der Waals surface area contributed by atoms with Crippen LogP contribution in [0.3, 0.4) is 0 Å². The standard InChI is InChI=1S/C16H15N5O2S/c1-21(16(22)11-6-5-9-18-15(11)24-2)10-13-19-14(20-23-13)12-7-3-4-8-17-12/h3-9H,10H2,1-2H3. The topological polar surface area (TPSA) is 85.0 Å². The quantitative estimate of drug-likeness (QED) is 0.659. The van der Waals surface area contributed by atoms with Crippen molar-refractivity contribution in [1.29, 1.82) is 0 Å². The van der Waals surface area contributed by atoms with Crippen molar-refractivity contribution in [3.05, 3.63) is 54.2 Å². The SMILES string of the molecule is CSc1ncccc1C(=O)N(C)Cc1nc(-c2ccccn2)no1. The van der Waals surface area contributed by atoms with E-state index in [0.29, 0.717) is 28.0 Å². The van der Waals surface area contributed by atoms with Gasteiger partial charge in [0.2, 0.25) is 11.7 Å². The van der Waals surface area contributed by atoms with E-state index in [1.807, 2.05) is 18.4 Å². The van der Waals surface area contributed by atoms with Crippen LogP contribution < -0.4 is 0 Å². The summed E-state index contributed by atoms with van der Waals surface area (Å²) in [5, 5.41) is 4.59. The molecule has 3 rings (SSSR count). The number of pyridine rings is 2. The molecule has 0 N–H and O–H groups in total. The lowest BCUT2D eigenvalue weighted by Crippen LogP contribution is -2.27. The third-order valence-electron chi connectivity index (χ3n) is 3.28. The lowest BCUT2D eigenvalue weighted by molar-refractivity contribution is 0.0765. The van der Waals surface area contributed by atoms with Crippen molar-refractivity contribution in [2.24, 2.45) is 0 Å². The molecular formula is C16H15N5O2S. The van der Waals surface area contributed by atoms with Gasteiger partial charge in [0.15, 0.2) is 0 Å². The van der Waals surface area contributed by atoms with E-state index >= 15 is 0 Å². The Labute approximate surface area is 143 Å². The minimum Gasteiger partial charge on any atom is -0.337 e. The van der Waals surface area contributed by atoms with Gasteiger partial charge in [-0.05, 0) is 30.5 Å². The molecule has 3 aromatic heterocycles. The van der Waals surface area contributed by atoms with Crippen LogP contribution in [0.1, 0.15) is 16.2 Å². The summed E-state index contributed by atoms with van der Waals surface area (Å²) < 4.78 is 5.22. The fourth-order valence-electron chi connectivity index (χ4n) is 2.11. The molecule has 0 aliphatic rings. The van der Waals surface area contributed by atoms with E-state index in [1.165, 1.54) is 16.7 Å². The van der Waals surface area contributed by atoms with Gasteiger partial charge in [-0.15, -0.1) is 11.8 Å². The molecule has 122 valence electrons. The molecule has 0 spiro atoms. The summed E-state index contributed by atoms with van der Waals surface area (Å²) in [5.74, 6) is 0.601. The van der Waals surface area contributed by atoms with Gasteiger partial charge in [-0.1, -0.05) is 11.2 Å². The zero-order chi connectivity index (χ0) is 16.9. The summed E-state index contributed by atoms with van der Waals surface area (Å²) in [6.07, 6.45) is 5.21. The van der Waals surface area contributed by atoms with Crippen molar-refractivity contribution in [2.75, 3.05) is 13.3 Å². The summed E-state index contributed by atoms with van der Waals surface area (Å²) in [6.45, 7) is 0.210. The highest BCUT2D eigenvalue weighted by molar-refractivity contribution is 7.98. The Morgan fingerprint density at radius 2 is 2.04 bits per heavy atom. The Morgan fingerprint density at radius 1 is 1.21 bits per heavy atom. The van der Waals surface area contributed by atoms with Gasteiger partial charge in [-0.3, -0.25) is 9.78 Å². The van der Waals surface area contributed by atoms with E-state index < -0.39 is 0 Å². The predicted molar refractivity (Wildman–Crippen MR) is 89.3 cm³/mol. The maximum absolute atomic E-state index is 12.6. The fourth-order valence-corrected chi connectivity index (χ4v) is 2.66. The van der Waals surface area contributed by atoms with Crippen LogP contribution in [-0.4, -0.2) is 44.2 Å². The van der Waals surface area contributed by atoms with Gasteiger partial charge >= 0.3 is 0 Å². The van der Waals surface area contributed by atoms with Crippen molar-refractivity contribution < 1.29 is 9.32 Å². The van der Waals surface area contributed by atoms with E-state index in [1.54, 1.807) is 37.6 Å². The first kappa shape index (κ1) is 16.1. The molecule has 3 aromatic rings. The molecule has 0 unspecified atom stereocenters. The Bertz CT molecular complexity index is 837. The normalized spacial score (nSPS) is 10.6. The number of aromatic nitrogens is 4. The molecule has 7 nitrogen and oxygen atoms in total. The average molecular weight is 341 g/mol. The molecule has 0 atom stereocenters. The number of thioether (sulfide) groups is 1. The second kappa shape index (κ2) is 7.22. The van der Waals surface area contributed by atoms with Crippen molar-refractivity contribution >= 4 is 17.7 Å². The lowest BCUT2D eigenvalue weighted by atomic mass is 10.2. The highest BCUT2D eigenvalue weighted by atomic mass is 32.2. The number of nitrogens with zero attached hydrogens (tertiary/aromatic N) is 5. The van der Waals surface area contributed by atoms with E-state index in [2.05, 4.69) is 20.1 Å². The van der Waals surface area contributed by atoms with E-state index in [-0.39, 0.29) is 12.5 Å². The monoisotopic (exact) mass is 341 g/mol. The van der Waals surface area contributed by atoms with Crippen LogP contribution in [0.5, 0.6) is 0 Å². The zero-order valence-electron chi connectivity index (χ0n) is 13.2. The van der Waals surface area contributed by atoms with Crippen LogP contribution in [-0.2, 0) is 6.54 Å². The van der Waals surface area contributed by atoms with Gasteiger partial charge in [-0.25, -0.2) is 4.98 Å². The number of amides is 1. The van der Waals surface area contributed by atoms with Gasteiger partial charge in [0.05, 0.1) is 5.56 Å². The second-order valence-electron chi connectivity index (χ2n) is 4.95. The third-order valence-corrected chi connectivity index (χ3v) is 3.99. The summed E-state index contributed by atoms with van der Waals surface area (Å²) in [7, 11) is 1.68. The molecule has 0 saturated heterocycles. The average Bonchev–Trinajstić information content (AvgIpc) is 3.10. The molecule has 8 heteroatoms. The van der Waals surface area contributed by atoms with Crippen molar-refractivity contribution in [3.63, 3.8) is 0 Å². The molecule has 0 aromatic carbocycles. The molecule has 0 fully saturated rings. The first-order valence-corrected chi connectivity index (χ1v) is 8.40. The fraction of sp³-hybridized carbons (Fsp3) is 0.188.